The van der Waals surface area contributed by atoms with E-state index < -0.39 is 12.0 Å². The molecule has 0 radical (unpaired) electrons. The molecule has 12 heteroatoms. The Morgan fingerprint density at radius 1 is 1.13 bits per heavy atom. The van der Waals surface area contributed by atoms with Crippen LogP contribution in [0.4, 0.5) is 16.3 Å². The van der Waals surface area contributed by atoms with E-state index >= 15 is 0 Å². The Kier molecular flexibility index (Phi) is 6.94. The fourth-order valence-electron chi connectivity index (χ4n) is 5.44. The van der Waals surface area contributed by atoms with Gasteiger partial charge in [-0.3, -0.25) is 9.48 Å². The number of carbonyl (C=O) groups is 2. The van der Waals surface area contributed by atoms with Gasteiger partial charge in [0.2, 0.25) is 0 Å². The van der Waals surface area contributed by atoms with Crippen LogP contribution in [0.15, 0.2) is 30.7 Å². The number of anilines is 2. The van der Waals surface area contributed by atoms with Crippen LogP contribution in [0, 0.1) is 5.92 Å². The Bertz CT molecular complexity index is 1350. The minimum absolute atomic E-state index is 0.0540. The van der Waals surface area contributed by atoms with E-state index in [1.165, 1.54) is 6.20 Å². The maximum atomic E-state index is 13.2. The van der Waals surface area contributed by atoms with E-state index in [9.17, 15) is 14.7 Å². The van der Waals surface area contributed by atoms with Crippen molar-refractivity contribution in [2.45, 2.75) is 44.2 Å². The molecule has 3 aliphatic rings. The Balaban J connectivity index is 1.14. The van der Waals surface area contributed by atoms with Gasteiger partial charge in [0.05, 0.1) is 36.2 Å². The third-order valence-corrected chi connectivity index (χ3v) is 7.70. The van der Waals surface area contributed by atoms with Gasteiger partial charge in [-0.05, 0) is 44.1 Å². The molecule has 12 nitrogen and oxygen atoms in total. The van der Waals surface area contributed by atoms with Crippen LogP contribution in [-0.2, 0) is 11.8 Å². The molecule has 6 rings (SSSR count). The van der Waals surface area contributed by atoms with Crippen molar-refractivity contribution in [3.8, 4) is 5.75 Å². The first kappa shape index (κ1) is 25.4. The lowest BCUT2D eigenvalue weighted by Crippen LogP contribution is -2.42. The van der Waals surface area contributed by atoms with Gasteiger partial charge in [0.1, 0.15) is 17.3 Å². The van der Waals surface area contributed by atoms with E-state index in [-0.39, 0.29) is 17.8 Å². The van der Waals surface area contributed by atoms with E-state index in [2.05, 4.69) is 20.4 Å². The fraction of sp³-hybridized carbons (Fsp3) is 0.519. The van der Waals surface area contributed by atoms with Crippen LogP contribution in [-0.4, -0.2) is 86.7 Å². The molecule has 39 heavy (non-hydrogen) atoms. The summed E-state index contributed by atoms with van der Waals surface area (Å²) in [6.07, 6.45) is 8.57. The number of aromatic nitrogens is 4. The van der Waals surface area contributed by atoms with Crippen molar-refractivity contribution >= 4 is 34.4 Å². The summed E-state index contributed by atoms with van der Waals surface area (Å²) in [5.74, 6) is 1.20. The van der Waals surface area contributed by atoms with Crippen LogP contribution < -0.4 is 15.0 Å². The van der Waals surface area contributed by atoms with Gasteiger partial charge in [-0.2, -0.15) is 5.10 Å². The third-order valence-electron chi connectivity index (χ3n) is 7.70. The average molecular weight is 536 g/mol. The molecule has 2 aromatic heterocycles. The number of aryl methyl sites for hydroxylation is 1. The topological polar surface area (TPSA) is 135 Å². The van der Waals surface area contributed by atoms with Crippen molar-refractivity contribution < 1.29 is 24.2 Å². The Hall–Kier alpha value is -3.93. The molecular weight excluding hydrogens is 502 g/mol. The summed E-state index contributed by atoms with van der Waals surface area (Å²) >= 11 is 0. The van der Waals surface area contributed by atoms with E-state index in [1.807, 2.05) is 30.3 Å². The number of carbonyl (C=O) groups excluding carboxylic acids is 1. The van der Waals surface area contributed by atoms with Gasteiger partial charge in [0, 0.05) is 57.0 Å². The number of amides is 2. The standard InChI is InChI=1S/C27H33N7O5/c1-32-14-18-10-22(24(11-21(18)31-32)39-16-17-5-8-38-9-6-17)30-26(35)23-12-29-25(13-28-23)33-7-4-20(15-33)34(27(36)37)19-2-3-19/h10-14,17,19-20H,2-9,15-16H2,1H3,(H,30,35)(H,36,37). The lowest BCUT2D eigenvalue weighted by molar-refractivity contribution is 0.0499. The van der Waals surface area contributed by atoms with Crippen LogP contribution >= 0.6 is 0 Å². The first-order valence-corrected chi connectivity index (χ1v) is 13.5. The molecule has 1 aliphatic carbocycles. The van der Waals surface area contributed by atoms with E-state index in [1.54, 1.807) is 15.8 Å². The zero-order valence-corrected chi connectivity index (χ0v) is 22.0. The summed E-state index contributed by atoms with van der Waals surface area (Å²) in [6.45, 7) is 3.28. The summed E-state index contributed by atoms with van der Waals surface area (Å²) in [6, 6.07) is 3.80. The molecule has 1 aromatic carbocycles. The normalized spacial score (nSPS) is 19.8. The van der Waals surface area contributed by atoms with E-state index in [0.717, 1.165) is 56.2 Å². The minimum Gasteiger partial charge on any atom is -0.491 e. The molecule has 0 bridgehead atoms. The Morgan fingerprint density at radius 3 is 2.67 bits per heavy atom. The summed E-state index contributed by atoms with van der Waals surface area (Å²) < 4.78 is 13.4. The third kappa shape index (κ3) is 5.60. The van der Waals surface area contributed by atoms with Crippen molar-refractivity contribution in [1.82, 2.24) is 24.6 Å². The van der Waals surface area contributed by atoms with Crippen molar-refractivity contribution in [1.29, 1.82) is 0 Å². The van der Waals surface area contributed by atoms with Crippen molar-refractivity contribution in [3.63, 3.8) is 0 Å². The van der Waals surface area contributed by atoms with Crippen molar-refractivity contribution in [2.24, 2.45) is 13.0 Å². The van der Waals surface area contributed by atoms with Gasteiger partial charge in [-0.1, -0.05) is 0 Å². The number of nitrogens with zero attached hydrogens (tertiary/aromatic N) is 6. The van der Waals surface area contributed by atoms with Crippen LogP contribution in [0.25, 0.3) is 10.9 Å². The molecule has 4 heterocycles. The molecule has 2 aliphatic heterocycles. The predicted molar refractivity (Wildman–Crippen MR) is 143 cm³/mol. The summed E-state index contributed by atoms with van der Waals surface area (Å²) in [4.78, 5) is 37.3. The highest BCUT2D eigenvalue weighted by Gasteiger charge is 2.40. The zero-order valence-electron chi connectivity index (χ0n) is 22.0. The number of rotatable bonds is 8. The molecule has 0 spiro atoms. The summed E-state index contributed by atoms with van der Waals surface area (Å²) in [7, 11) is 1.85. The quantitative estimate of drug-likeness (QED) is 0.446. The monoisotopic (exact) mass is 535 g/mol. The number of fused-ring (bicyclic) bond motifs is 1. The molecule has 3 aromatic rings. The summed E-state index contributed by atoms with van der Waals surface area (Å²) in [5.41, 5.74) is 1.52. The largest absolute Gasteiger partial charge is 0.491 e. The molecule has 1 atom stereocenters. The number of hydrogen-bond acceptors (Lipinski definition) is 8. The highest BCUT2D eigenvalue weighted by molar-refractivity contribution is 6.04. The lowest BCUT2D eigenvalue weighted by Gasteiger charge is -2.26. The molecule has 3 fully saturated rings. The number of benzene rings is 1. The highest BCUT2D eigenvalue weighted by atomic mass is 16.5. The van der Waals surface area contributed by atoms with Crippen LogP contribution in [0.3, 0.4) is 0 Å². The molecule has 1 saturated carbocycles. The number of nitrogens with one attached hydrogen (secondary N) is 1. The van der Waals surface area contributed by atoms with E-state index in [0.29, 0.717) is 42.9 Å². The molecule has 2 N–H and O–H groups in total. The highest BCUT2D eigenvalue weighted by Crippen LogP contribution is 2.33. The fourth-order valence-corrected chi connectivity index (χ4v) is 5.44. The maximum absolute atomic E-state index is 13.2. The van der Waals surface area contributed by atoms with Crippen LogP contribution in [0.2, 0.25) is 0 Å². The SMILES string of the molecule is Cn1cc2cc(NC(=O)c3cnc(N4CCC(N(C(=O)O)C5CC5)C4)cn3)c(OCC3CCOCC3)cc2n1. The lowest BCUT2D eigenvalue weighted by atomic mass is 10.0. The molecule has 206 valence electrons. The molecule has 2 saturated heterocycles. The van der Waals surface area contributed by atoms with Gasteiger partial charge in [-0.25, -0.2) is 14.8 Å². The van der Waals surface area contributed by atoms with Gasteiger partial charge >= 0.3 is 6.09 Å². The molecule has 1 unspecified atom stereocenters. The smallest absolute Gasteiger partial charge is 0.407 e. The van der Waals surface area contributed by atoms with Crippen LogP contribution in [0.1, 0.15) is 42.6 Å². The number of ether oxygens (including phenoxy) is 2. The van der Waals surface area contributed by atoms with E-state index in [4.69, 9.17) is 9.47 Å². The summed E-state index contributed by atoms with van der Waals surface area (Å²) in [5, 5.41) is 17.9. The predicted octanol–water partition coefficient (Wildman–Crippen LogP) is 3.14. The van der Waals surface area contributed by atoms with Gasteiger partial charge in [0.25, 0.3) is 5.91 Å². The van der Waals surface area contributed by atoms with Crippen molar-refractivity contribution in [3.05, 3.63) is 36.4 Å². The maximum Gasteiger partial charge on any atom is 0.407 e. The van der Waals surface area contributed by atoms with Crippen LogP contribution in [0.5, 0.6) is 5.75 Å². The Labute approximate surface area is 225 Å². The second-order valence-corrected chi connectivity index (χ2v) is 10.6. The minimum atomic E-state index is -0.858. The van der Waals surface area contributed by atoms with Gasteiger partial charge < -0.3 is 29.7 Å². The van der Waals surface area contributed by atoms with Gasteiger partial charge in [0.15, 0.2) is 0 Å². The average Bonchev–Trinajstić information content (AvgIpc) is 3.52. The first-order chi connectivity index (χ1) is 18.9. The second kappa shape index (κ2) is 10.7. The molecular formula is C27H33N7O5. The number of carboxylic acid groups (broad SMARTS) is 1. The number of hydrogen-bond donors (Lipinski definition) is 2. The Morgan fingerprint density at radius 2 is 1.95 bits per heavy atom. The zero-order chi connectivity index (χ0) is 26.9. The molecule has 2 amide bonds. The second-order valence-electron chi connectivity index (χ2n) is 10.6. The van der Waals surface area contributed by atoms with Crippen molar-refractivity contribution in [2.75, 3.05) is 43.1 Å². The van der Waals surface area contributed by atoms with Gasteiger partial charge in [-0.15, -0.1) is 0 Å². The first-order valence-electron chi connectivity index (χ1n) is 13.5.